The highest BCUT2D eigenvalue weighted by molar-refractivity contribution is 5.07. The Hall–Kier alpha value is -1.16. The summed E-state index contributed by atoms with van der Waals surface area (Å²) in [4.78, 5) is 8.12. The van der Waals surface area contributed by atoms with Crippen molar-refractivity contribution in [3.05, 3.63) is 18.1 Å². The largest absolute Gasteiger partial charge is 0.473 e. The van der Waals surface area contributed by atoms with Gasteiger partial charge in [-0.1, -0.05) is 6.42 Å². The lowest BCUT2D eigenvalue weighted by Crippen LogP contribution is -2.20. The van der Waals surface area contributed by atoms with Gasteiger partial charge in [-0.25, -0.2) is 4.98 Å². The third-order valence-corrected chi connectivity index (χ3v) is 2.68. The van der Waals surface area contributed by atoms with E-state index in [1.165, 1.54) is 19.3 Å². The molecule has 4 nitrogen and oxygen atoms in total. The van der Waals surface area contributed by atoms with Gasteiger partial charge in [0.2, 0.25) is 5.88 Å². The Morgan fingerprint density at radius 2 is 2.00 bits per heavy atom. The first-order chi connectivity index (χ1) is 7.38. The van der Waals surface area contributed by atoms with Crippen LogP contribution in [0.15, 0.2) is 12.4 Å². The van der Waals surface area contributed by atoms with Crippen LogP contribution in [0.2, 0.25) is 0 Å². The fourth-order valence-electron chi connectivity index (χ4n) is 1.84. The fraction of sp³-hybridized carbons (Fsp3) is 0.636. The fourth-order valence-corrected chi connectivity index (χ4v) is 1.84. The lowest BCUT2D eigenvalue weighted by atomic mass is 9.98. The van der Waals surface area contributed by atoms with Crippen molar-refractivity contribution in [3.8, 4) is 5.88 Å². The SMILES string of the molecule is OCc1cnc(OC2CCCCC2)cn1. The van der Waals surface area contributed by atoms with E-state index in [1.807, 2.05) is 0 Å². The van der Waals surface area contributed by atoms with Crippen molar-refractivity contribution in [2.75, 3.05) is 0 Å². The topological polar surface area (TPSA) is 55.2 Å². The lowest BCUT2D eigenvalue weighted by molar-refractivity contribution is 0.147. The van der Waals surface area contributed by atoms with Crippen molar-refractivity contribution in [3.63, 3.8) is 0 Å². The molecule has 0 radical (unpaired) electrons. The smallest absolute Gasteiger partial charge is 0.232 e. The van der Waals surface area contributed by atoms with Crippen LogP contribution < -0.4 is 4.74 Å². The molecule has 82 valence electrons. The normalized spacial score (nSPS) is 17.7. The minimum Gasteiger partial charge on any atom is -0.473 e. The molecule has 1 saturated carbocycles. The Morgan fingerprint density at radius 3 is 2.60 bits per heavy atom. The highest BCUT2D eigenvalue weighted by Gasteiger charge is 2.15. The van der Waals surface area contributed by atoms with Crippen LogP contribution in [0.4, 0.5) is 0 Å². The summed E-state index contributed by atoms with van der Waals surface area (Å²) < 4.78 is 5.70. The maximum absolute atomic E-state index is 8.81. The molecule has 0 spiro atoms. The highest BCUT2D eigenvalue weighted by Crippen LogP contribution is 2.21. The first kappa shape index (κ1) is 10.4. The number of nitrogens with zero attached hydrogens (tertiary/aromatic N) is 2. The molecule has 1 N–H and O–H groups in total. The molecule has 1 aliphatic carbocycles. The molecule has 0 atom stereocenters. The van der Waals surface area contributed by atoms with E-state index in [1.54, 1.807) is 12.4 Å². The molecule has 0 unspecified atom stereocenters. The molecule has 1 aliphatic rings. The second kappa shape index (κ2) is 5.07. The third-order valence-electron chi connectivity index (χ3n) is 2.68. The zero-order valence-electron chi connectivity index (χ0n) is 8.72. The Bertz CT molecular complexity index is 294. The number of rotatable bonds is 3. The van der Waals surface area contributed by atoms with Gasteiger partial charge < -0.3 is 9.84 Å². The van der Waals surface area contributed by atoms with E-state index in [2.05, 4.69) is 9.97 Å². The Morgan fingerprint density at radius 1 is 1.20 bits per heavy atom. The number of aliphatic hydroxyl groups excluding tert-OH is 1. The minimum atomic E-state index is -0.0727. The van der Waals surface area contributed by atoms with Crippen LogP contribution in [-0.4, -0.2) is 21.2 Å². The molecule has 1 heterocycles. The van der Waals surface area contributed by atoms with Gasteiger partial charge in [0, 0.05) is 0 Å². The standard InChI is InChI=1S/C11H16N2O2/c14-8-9-6-13-11(7-12-9)15-10-4-2-1-3-5-10/h6-7,10,14H,1-5,8H2. The van der Waals surface area contributed by atoms with Crippen LogP contribution in [-0.2, 0) is 6.61 Å². The molecule has 0 aromatic carbocycles. The number of hydrogen-bond acceptors (Lipinski definition) is 4. The van der Waals surface area contributed by atoms with Crippen molar-refractivity contribution in [2.45, 2.75) is 44.8 Å². The van der Waals surface area contributed by atoms with E-state index in [-0.39, 0.29) is 6.61 Å². The van der Waals surface area contributed by atoms with Crippen molar-refractivity contribution < 1.29 is 9.84 Å². The summed E-state index contributed by atoms with van der Waals surface area (Å²) in [5.74, 6) is 0.569. The van der Waals surface area contributed by atoms with E-state index >= 15 is 0 Å². The summed E-state index contributed by atoms with van der Waals surface area (Å²) >= 11 is 0. The van der Waals surface area contributed by atoms with E-state index < -0.39 is 0 Å². The predicted octanol–water partition coefficient (Wildman–Crippen LogP) is 1.68. The average molecular weight is 208 g/mol. The molecule has 4 heteroatoms. The maximum Gasteiger partial charge on any atom is 0.232 e. The van der Waals surface area contributed by atoms with Gasteiger partial charge in [-0.15, -0.1) is 0 Å². The van der Waals surface area contributed by atoms with Gasteiger partial charge in [-0.3, -0.25) is 4.98 Å². The van der Waals surface area contributed by atoms with Gasteiger partial charge in [0.05, 0.1) is 24.7 Å². The number of aromatic nitrogens is 2. The molecule has 2 rings (SSSR count). The summed E-state index contributed by atoms with van der Waals surface area (Å²) in [7, 11) is 0. The first-order valence-corrected chi connectivity index (χ1v) is 5.47. The van der Waals surface area contributed by atoms with Gasteiger partial charge in [-0.05, 0) is 25.7 Å². The molecule has 1 aromatic rings. The molecular formula is C11H16N2O2. The Balaban J connectivity index is 1.91. The van der Waals surface area contributed by atoms with E-state index in [0.717, 1.165) is 12.8 Å². The monoisotopic (exact) mass is 208 g/mol. The number of aliphatic hydroxyl groups is 1. The summed E-state index contributed by atoms with van der Waals surface area (Å²) in [5.41, 5.74) is 0.575. The van der Waals surface area contributed by atoms with Crippen molar-refractivity contribution in [1.29, 1.82) is 0 Å². The predicted molar refractivity (Wildman–Crippen MR) is 55.5 cm³/mol. The van der Waals surface area contributed by atoms with Gasteiger partial charge in [-0.2, -0.15) is 0 Å². The summed E-state index contributed by atoms with van der Waals surface area (Å²) in [6.45, 7) is -0.0727. The Kier molecular flexibility index (Phi) is 3.50. The lowest BCUT2D eigenvalue weighted by Gasteiger charge is -2.21. The molecular weight excluding hydrogens is 192 g/mol. The van der Waals surface area contributed by atoms with Crippen LogP contribution in [0.5, 0.6) is 5.88 Å². The van der Waals surface area contributed by atoms with E-state index in [0.29, 0.717) is 17.7 Å². The zero-order valence-corrected chi connectivity index (χ0v) is 8.72. The van der Waals surface area contributed by atoms with Crippen LogP contribution in [0.1, 0.15) is 37.8 Å². The second-order valence-corrected chi connectivity index (χ2v) is 3.88. The van der Waals surface area contributed by atoms with Crippen molar-refractivity contribution >= 4 is 0 Å². The molecule has 1 aromatic heterocycles. The van der Waals surface area contributed by atoms with Crippen LogP contribution in [0, 0.1) is 0 Å². The summed E-state index contributed by atoms with van der Waals surface area (Å²) in [6, 6.07) is 0. The Labute approximate surface area is 89.3 Å². The maximum atomic E-state index is 8.81. The highest BCUT2D eigenvalue weighted by atomic mass is 16.5. The number of ether oxygens (including phenoxy) is 1. The quantitative estimate of drug-likeness (QED) is 0.821. The van der Waals surface area contributed by atoms with Crippen LogP contribution in [0.3, 0.4) is 0 Å². The summed E-state index contributed by atoms with van der Waals surface area (Å²) in [6.07, 6.45) is 9.47. The van der Waals surface area contributed by atoms with Gasteiger partial charge in [0.1, 0.15) is 6.10 Å². The molecule has 0 amide bonds. The van der Waals surface area contributed by atoms with Gasteiger partial charge in [0.15, 0.2) is 0 Å². The van der Waals surface area contributed by atoms with Crippen LogP contribution >= 0.6 is 0 Å². The summed E-state index contributed by atoms with van der Waals surface area (Å²) in [5, 5.41) is 8.81. The van der Waals surface area contributed by atoms with Gasteiger partial charge >= 0.3 is 0 Å². The minimum absolute atomic E-state index is 0.0727. The van der Waals surface area contributed by atoms with Gasteiger partial charge in [0.25, 0.3) is 0 Å². The second-order valence-electron chi connectivity index (χ2n) is 3.88. The van der Waals surface area contributed by atoms with E-state index in [9.17, 15) is 0 Å². The van der Waals surface area contributed by atoms with Crippen molar-refractivity contribution in [1.82, 2.24) is 9.97 Å². The third kappa shape index (κ3) is 2.89. The van der Waals surface area contributed by atoms with E-state index in [4.69, 9.17) is 9.84 Å². The zero-order chi connectivity index (χ0) is 10.5. The molecule has 0 bridgehead atoms. The van der Waals surface area contributed by atoms with Crippen molar-refractivity contribution in [2.24, 2.45) is 0 Å². The first-order valence-electron chi connectivity index (χ1n) is 5.47. The molecule has 0 saturated heterocycles. The molecule has 1 fully saturated rings. The number of hydrogen-bond donors (Lipinski definition) is 1. The molecule has 0 aliphatic heterocycles. The average Bonchev–Trinajstić information content (AvgIpc) is 2.31. The van der Waals surface area contributed by atoms with Crippen LogP contribution in [0.25, 0.3) is 0 Å². The molecule has 15 heavy (non-hydrogen) atoms.